The molecule has 0 saturated carbocycles. The smallest absolute Gasteiger partial charge is 0.191 e. The Kier molecular flexibility index (Phi) is 14.5. The number of unbranched alkanes of at least 4 members (excludes halogenated alkanes) is 1. The second kappa shape index (κ2) is 16.5. The average molecular weight is 411 g/mol. The average Bonchev–Trinajstić information content (AvgIpc) is 2.70. The molecule has 2 N–H and O–H groups in total. The maximum absolute atomic E-state index is 5.89. The van der Waals surface area contributed by atoms with Gasteiger partial charge in [0.15, 0.2) is 5.96 Å². The molecule has 0 aliphatic carbocycles. The van der Waals surface area contributed by atoms with E-state index >= 15 is 0 Å². The molecule has 1 rings (SSSR count). The summed E-state index contributed by atoms with van der Waals surface area (Å²) in [5.41, 5.74) is 1.14. The normalized spacial score (nSPS) is 11.7. The van der Waals surface area contributed by atoms with Gasteiger partial charge in [-0.2, -0.15) is 11.8 Å². The topological polar surface area (TPSA) is 58.1 Å². The maximum atomic E-state index is 5.89. The Hall–Kier alpha value is -1.44. The van der Waals surface area contributed by atoms with Gasteiger partial charge in [-0.25, -0.2) is 4.99 Å². The van der Waals surface area contributed by atoms with Crippen LogP contribution in [0.4, 0.5) is 0 Å². The Morgan fingerprint density at radius 2 is 2.00 bits per heavy atom. The van der Waals surface area contributed by atoms with Crippen molar-refractivity contribution in [3.8, 4) is 5.75 Å². The van der Waals surface area contributed by atoms with Crippen molar-refractivity contribution in [1.82, 2.24) is 15.5 Å². The van der Waals surface area contributed by atoms with E-state index in [1.165, 1.54) is 12.2 Å². The van der Waals surface area contributed by atoms with Crippen LogP contribution in [0.5, 0.6) is 5.75 Å². The standard InChI is InChI=1S/C21H38N4O2S/c1-5-22-21(23-11-6-7-16-28-4)24-18-19-9-8-10-20(17-19)27-15-13-25(2)12-14-26-3/h8-10,17H,5-7,11-16,18H2,1-4H3,(H2,22,23,24). The zero-order valence-electron chi connectivity index (χ0n) is 18.0. The lowest BCUT2D eigenvalue weighted by Gasteiger charge is -2.16. The van der Waals surface area contributed by atoms with Crippen LogP contribution < -0.4 is 15.4 Å². The van der Waals surface area contributed by atoms with Crippen molar-refractivity contribution in [1.29, 1.82) is 0 Å². The number of benzene rings is 1. The Balaban J connectivity index is 2.44. The highest BCUT2D eigenvalue weighted by Gasteiger charge is 2.01. The zero-order chi connectivity index (χ0) is 20.5. The number of aliphatic imine (C=N–C) groups is 1. The van der Waals surface area contributed by atoms with Gasteiger partial charge in [-0.15, -0.1) is 0 Å². The summed E-state index contributed by atoms with van der Waals surface area (Å²) < 4.78 is 11.0. The molecule has 1 aromatic rings. The molecule has 0 atom stereocenters. The fourth-order valence-electron chi connectivity index (χ4n) is 2.50. The molecule has 0 aliphatic rings. The molecule has 0 radical (unpaired) electrons. The van der Waals surface area contributed by atoms with E-state index in [4.69, 9.17) is 14.5 Å². The number of rotatable bonds is 15. The Morgan fingerprint density at radius 3 is 2.75 bits per heavy atom. The SMILES string of the molecule is CCNC(=NCc1cccc(OCCN(C)CCOC)c1)NCCCCSC. The molecule has 0 fully saturated rings. The monoisotopic (exact) mass is 410 g/mol. The van der Waals surface area contributed by atoms with Crippen molar-refractivity contribution in [3.63, 3.8) is 0 Å². The maximum Gasteiger partial charge on any atom is 0.191 e. The number of nitrogens with zero attached hydrogens (tertiary/aromatic N) is 2. The largest absolute Gasteiger partial charge is 0.492 e. The number of guanidine groups is 1. The Labute approximate surface area is 175 Å². The molecule has 0 amide bonds. The minimum Gasteiger partial charge on any atom is -0.492 e. The van der Waals surface area contributed by atoms with Crippen LogP contribution in [0, 0.1) is 0 Å². The fourth-order valence-corrected chi connectivity index (χ4v) is 2.99. The molecule has 0 unspecified atom stereocenters. The van der Waals surface area contributed by atoms with E-state index in [0.717, 1.165) is 56.5 Å². The molecule has 1 aromatic carbocycles. The molecule has 0 spiro atoms. The number of hydrogen-bond donors (Lipinski definition) is 2. The first-order valence-electron chi connectivity index (χ1n) is 10.1. The van der Waals surface area contributed by atoms with Gasteiger partial charge >= 0.3 is 0 Å². The molecular weight excluding hydrogens is 372 g/mol. The van der Waals surface area contributed by atoms with Crippen molar-refractivity contribution in [2.24, 2.45) is 4.99 Å². The Morgan fingerprint density at radius 1 is 1.18 bits per heavy atom. The highest BCUT2D eigenvalue weighted by molar-refractivity contribution is 7.98. The van der Waals surface area contributed by atoms with Crippen LogP contribution in [0.1, 0.15) is 25.3 Å². The molecule has 0 saturated heterocycles. The lowest BCUT2D eigenvalue weighted by atomic mass is 10.2. The number of hydrogen-bond acceptors (Lipinski definition) is 5. The van der Waals surface area contributed by atoms with Gasteiger partial charge in [0.25, 0.3) is 0 Å². The van der Waals surface area contributed by atoms with Crippen LogP contribution >= 0.6 is 11.8 Å². The van der Waals surface area contributed by atoms with Crippen LogP contribution in [0.25, 0.3) is 0 Å². The quantitative estimate of drug-likeness (QED) is 0.263. The van der Waals surface area contributed by atoms with E-state index in [1.54, 1.807) is 7.11 Å². The number of nitrogens with one attached hydrogen (secondary N) is 2. The third-order valence-corrected chi connectivity index (χ3v) is 4.85. The minimum atomic E-state index is 0.630. The molecular formula is C21H38N4O2S. The summed E-state index contributed by atoms with van der Waals surface area (Å²) >= 11 is 1.90. The fraction of sp³-hybridized carbons (Fsp3) is 0.667. The second-order valence-electron chi connectivity index (χ2n) is 6.61. The van der Waals surface area contributed by atoms with Gasteiger partial charge < -0.3 is 25.0 Å². The van der Waals surface area contributed by atoms with Gasteiger partial charge in [-0.05, 0) is 56.5 Å². The summed E-state index contributed by atoms with van der Waals surface area (Å²) in [4.78, 5) is 6.90. The zero-order valence-corrected chi connectivity index (χ0v) is 18.8. The van der Waals surface area contributed by atoms with Crippen LogP contribution in [0.3, 0.4) is 0 Å². The molecule has 6 nitrogen and oxygen atoms in total. The second-order valence-corrected chi connectivity index (χ2v) is 7.60. The lowest BCUT2D eigenvalue weighted by molar-refractivity contribution is 0.150. The summed E-state index contributed by atoms with van der Waals surface area (Å²) in [5, 5.41) is 6.72. The molecule has 160 valence electrons. The molecule has 7 heteroatoms. The predicted octanol–water partition coefficient (Wildman–Crippen LogP) is 2.84. The van der Waals surface area contributed by atoms with Crippen molar-refractivity contribution in [2.75, 3.05) is 65.6 Å². The predicted molar refractivity (Wildman–Crippen MR) is 122 cm³/mol. The molecule has 0 aromatic heterocycles. The summed E-state index contributed by atoms with van der Waals surface area (Å²) in [5.74, 6) is 2.98. The van der Waals surface area contributed by atoms with E-state index in [1.807, 2.05) is 23.9 Å². The first-order valence-corrected chi connectivity index (χ1v) is 11.5. The number of ether oxygens (including phenoxy) is 2. The first-order chi connectivity index (χ1) is 13.7. The van der Waals surface area contributed by atoms with Crippen LogP contribution in [0.2, 0.25) is 0 Å². The molecule has 28 heavy (non-hydrogen) atoms. The number of thioether (sulfide) groups is 1. The number of methoxy groups -OCH3 is 1. The van der Waals surface area contributed by atoms with Gasteiger partial charge in [0, 0.05) is 33.3 Å². The van der Waals surface area contributed by atoms with Gasteiger partial charge in [-0.1, -0.05) is 12.1 Å². The minimum absolute atomic E-state index is 0.630. The summed E-state index contributed by atoms with van der Waals surface area (Å²) in [7, 11) is 3.80. The molecule has 0 aliphatic heterocycles. The highest BCUT2D eigenvalue weighted by Crippen LogP contribution is 2.14. The van der Waals surface area contributed by atoms with E-state index in [9.17, 15) is 0 Å². The van der Waals surface area contributed by atoms with Crippen molar-refractivity contribution in [2.45, 2.75) is 26.3 Å². The van der Waals surface area contributed by atoms with E-state index in [-0.39, 0.29) is 0 Å². The Bertz CT molecular complexity index is 543. The van der Waals surface area contributed by atoms with Gasteiger partial charge in [0.05, 0.1) is 13.2 Å². The third kappa shape index (κ3) is 12.1. The highest BCUT2D eigenvalue weighted by atomic mass is 32.2. The van der Waals surface area contributed by atoms with Crippen molar-refractivity contribution in [3.05, 3.63) is 29.8 Å². The van der Waals surface area contributed by atoms with Crippen LogP contribution in [-0.2, 0) is 11.3 Å². The van der Waals surface area contributed by atoms with Gasteiger partial charge in [0.2, 0.25) is 0 Å². The first kappa shape index (κ1) is 24.6. The van der Waals surface area contributed by atoms with Gasteiger partial charge in [-0.3, -0.25) is 0 Å². The molecule has 0 bridgehead atoms. The van der Waals surface area contributed by atoms with Crippen molar-refractivity contribution >= 4 is 17.7 Å². The van der Waals surface area contributed by atoms with Crippen molar-refractivity contribution < 1.29 is 9.47 Å². The summed E-state index contributed by atoms with van der Waals surface area (Å²) in [6.45, 7) is 7.70. The van der Waals surface area contributed by atoms with E-state index < -0.39 is 0 Å². The van der Waals surface area contributed by atoms with E-state index in [0.29, 0.717) is 13.2 Å². The van der Waals surface area contributed by atoms with Crippen LogP contribution in [-0.4, -0.2) is 76.4 Å². The van der Waals surface area contributed by atoms with Crippen LogP contribution in [0.15, 0.2) is 29.3 Å². The van der Waals surface area contributed by atoms with Gasteiger partial charge in [0.1, 0.15) is 12.4 Å². The molecule has 0 heterocycles. The summed E-state index contributed by atoms with van der Waals surface area (Å²) in [6.07, 6.45) is 4.54. The van der Waals surface area contributed by atoms with E-state index in [2.05, 4.69) is 47.9 Å². The third-order valence-electron chi connectivity index (χ3n) is 4.15. The lowest BCUT2D eigenvalue weighted by Crippen LogP contribution is -2.37. The number of likely N-dealkylation sites (N-methyl/N-ethyl adjacent to an activating group) is 1. The summed E-state index contributed by atoms with van der Waals surface area (Å²) in [6, 6.07) is 8.18.